The maximum Gasteiger partial charge on any atom is 0.140 e. The first kappa shape index (κ1) is 10.1. The molecule has 0 radical (unpaired) electrons. The van der Waals surface area contributed by atoms with Crippen molar-refractivity contribution >= 4 is 11.6 Å². The van der Waals surface area contributed by atoms with Crippen molar-refractivity contribution in [1.82, 2.24) is 9.97 Å². The van der Waals surface area contributed by atoms with Crippen LogP contribution in [-0.4, -0.2) is 9.97 Å². The fourth-order valence-electron chi connectivity index (χ4n) is 1.27. The molecule has 4 heteroatoms. The number of rotatable bonds is 1. The third kappa shape index (κ3) is 1.97. The molecule has 1 aromatic carbocycles. The predicted molar refractivity (Wildman–Crippen MR) is 57.2 cm³/mol. The van der Waals surface area contributed by atoms with E-state index in [0.29, 0.717) is 21.8 Å². The minimum absolute atomic E-state index is 0.257. The molecule has 2 aromatic rings. The van der Waals surface area contributed by atoms with E-state index in [0.717, 1.165) is 0 Å². The molecule has 15 heavy (non-hydrogen) atoms. The zero-order valence-electron chi connectivity index (χ0n) is 8.04. The van der Waals surface area contributed by atoms with Gasteiger partial charge in [-0.15, -0.1) is 0 Å². The van der Waals surface area contributed by atoms with E-state index >= 15 is 0 Å². The Morgan fingerprint density at radius 3 is 2.80 bits per heavy atom. The van der Waals surface area contributed by atoms with Gasteiger partial charge in [0.1, 0.15) is 17.3 Å². The van der Waals surface area contributed by atoms with Gasteiger partial charge in [0.2, 0.25) is 0 Å². The van der Waals surface area contributed by atoms with Crippen molar-refractivity contribution in [2.75, 3.05) is 0 Å². The molecule has 2 rings (SSSR count). The van der Waals surface area contributed by atoms with E-state index in [-0.39, 0.29) is 5.82 Å². The molecule has 0 aliphatic carbocycles. The minimum atomic E-state index is -0.257. The van der Waals surface area contributed by atoms with Crippen LogP contribution < -0.4 is 0 Å². The van der Waals surface area contributed by atoms with Crippen LogP contribution in [0.15, 0.2) is 30.7 Å². The van der Waals surface area contributed by atoms with E-state index in [1.165, 1.54) is 12.4 Å². The number of nitrogens with zero attached hydrogens (tertiary/aromatic N) is 2. The van der Waals surface area contributed by atoms with Crippen LogP contribution >= 0.6 is 11.6 Å². The van der Waals surface area contributed by atoms with Crippen molar-refractivity contribution in [1.29, 1.82) is 0 Å². The van der Waals surface area contributed by atoms with Crippen LogP contribution in [0.1, 0.15) is 5.56 Å². The summed E-state index contributed by atoms with van der Waals surface area (Å²) in [6.45, 7) is 1.71. The van der Waals surface area contributed by atoms with Crippen LogP contribution in [0.5, 0.6) is 0 Å². The molecule has 0 saturated heterocycles. The Labute approximate surface area is 91.8 Å². The van der Waals surface area contributed by atoms with Crippen LogP contribution in [0.4, 0.5) is 4.39 Å². The van der Waals surface area contributed by atoms with E-state index in [4.69, 9.17) is 11.6 Å². The van der Waals surface area contributed by atoms with Crippen molar-refractivity contribution in [3.8, 4) is 11.1 Å². The molecule has 1 heterocycles. The van der Waals surface area contributed by atoms with Crippen molar-refractivity contribution in [2.24, 2.45) is 0 Å². The molecule has 2 nitrogen and oxygen atoms in total. The van der Waals surface area contributed by atoms with Gasteiger partial charge < -0.3 is 0 Å². The Balaban J connectivity index is 2.55. The number of aryl methyl sites for hydroxylation is 1. The summed E-state index contributed by atoms with van der Waals surface area (Å²) in [7, 11) is 0. The summed E-state index contributed by atoms with van der Waals surface area (Å²) in [6.07, 6.45) is 2.93. The summed E-state index contributed by atoms with van der Waals surface area (Å²) < 4.78 is 13.3. The quantitative estimate of drug-likeness (QED) is 0.693. The fraction of sp³-hybridized carbons (Fsp3) is 0.0909. The Hall–Kier alpha value is -1.48. The molecular formula is C11H8ClFN2. The summed E-state index contributed by atoms with van der Waals surface area (Å²) in [6, 6.07) is 4.93. The highest BCUT2D eigenvalue weighted by molar-refractivity contribution is 6.32. The zero-order chi connectivity index (χ0) is 10.8. The second-order valence-corrected chi connectivity index (χ2v) is 3.55. The third-order valence-electron chi connectivity index (χ3n) is 2.15. The topological polar surface area (TPSA) is 25.8 Å². The van der Waals surface area contributed by atoms with E-state index < -0.39 is 0 Å². The molecule has 1 aromatic heterocycles. The number of halogens is 2. The Bertz CT molecular complexity index is 500. The second-order valence-electron chi connectivity index (χ2n) is 3.19. The standard InChI is InChI=1S/C11H8ClFN2/c1-7-2-3-8(4-10(7)13)9-5-14-6-15-11(9)12/h2-6H,1H3. The SMILES string of the molecule is Cc1ccc(-c2cncnc2Cl)cc1F. The summed E-state index contributed by atoms with van der Waals surface area (Å²) in [5, 5.41) is 0.327. The lowest BCUT2D eigenvalue weighted by atomic mass is 10.1. The molecule has 0 aliphatic heterocycles. The minimum Gasteiger partial charge on any atom is -0.244 e. The molecule has 0 amide bonds. The summed E-state index contributed by atoms with van der Waals surface area (Å²) >= 11 is 5.88. The first-order valence-corrected chi connectivity index (χ1v) is 4.78. The van der Waals surface area contributed by atoms with Crippen LogP contribution in [-0.2, 0) is 0 Å². The molecule has 0 fully saturated rings. The van der Waals surface area contributed by atoms with Crippen molar-refractivity contribution < 1.29 is 4.39 Å². The van der Waals surface area contributed by atoms with E-state index in [9.17, 15) is 4.39 Å². The van der Waals surface area contributed by atoms with Gasteiger partial charge in [0.05, 0.1) is 0 Å². The predicted octanol–water partition coefficient (Wildman–Crippen LogP) is 3.24. The first-order valence-electron chi connectivity index (χ1n) is 4.40. The fourth-order valence-corrected chi connectivity index (χ4v) is 1.47. The van der Waals surface area contributed by atoms with Gasteiger partial charge in [-0.05, 0) is 24.1 Å². The van der Waals surface area contributed by atoms with Gasteiger partial charge >= 0.3 is 0 Å². The van der Waals surface area contributed by atoms with Crippen LogP contribution in [0.25, 0.3) is 11.1 Å². The van der Waals surface area contributed by atoms with Crippen molar-refractivity contribution in [2.45, 2.75) is 6.92 Å². The van der Waals surface area contributed by atoms with Gasteiger partial charge in [0.15, 0.2) is 0 Å². The van der Waals surface area contributed by atoms with E-state index in [2.05, 4.69) is 9.97 Å². The van der Waals surface area contributed by atoms with Crippen LogP contribution in [0, 0.1) is 12.7 Å². The van der Waals surface area contributed by atoms with Gasteiger partial charge in [0, 0.05) is 11.8 Å². The largest absolute Gasteiger partial charge is 0.244 e. The summed E-state index contributed by atoms with van der Waals surface area (Å²) in [5.41, 5.74) is 1.92. The smallest absolute Gasteiger partial charge is 0.140 e. The normalized spacial score (nSPS) is 10.3. The molecule has 76 valence electrons. The lowest BCUT2D eigenvalue weighted by Gasteiger charge is -2.03. The first-order chi connectivity index (χ1) is 7.18. The third-order valence-corrected chi connectivity index (χ3v) is 2.45. The summed E-state index contributed by atoms with van der Waals surface area (Å²) in [4.78, 5) is 7.70. The number of hydrogen-bond donors (Lipinski definition) is 0. The van der Waals surface area contributed by atoms with Gasteiger partial charge in [-0.2, -0.15) is 0 Å². The summed E-state index contributed by atoms with van der Waals surface area (Å²) in [5.74, 6) is -0.257. The maximum absolute atomic E-state index is 13.3. The molecule has 0 saturated carbocycles. The Morgan fingerprint density at radius 1 is 1.33 bits per heavy atom. The molecule has 0 N–H and O–H groups in total. The number of hydrogen-bond acceptors (Lipinski definition) is 2. The lowest BCUT2D eigenvalue weighted by Crippen LogP contribution is -1.88. The van der Waals surface area contributed by atoms with E-state index in [1.807, 2.05) is 0 Å². The van der Waals surface area contributed by atoms with Gasteiger partial charge in [-0.3, -0.25) is 0 Å². The van der Waals surface area contributed by atoms with Gasteiger partial charge in [-0.1, -0.05) is 23.7 Å². The van der Waals surface area contributed by atoms with E-state index in [1.54, 1.807) is 25.3 Å². The zero-order valence-corrected chi connectivity index (χ0v) is 8.79. The van der Waals surface area contributed by atoms with Crippen LogP contribution in [0.2, 0.25) is 5.15 Å². The molecule has 0 spiro atoms. The highest BCUT2D eigenvalue weighted by atomic mass is 35.5. The Kier molecular flexibility index (Phi) is 2.64. The number of benzene rings is 1. The average molecular weight is 223 g/mol. The average Bonchev–Trinajstić information content (AvgIpc) is 2.23. The molecule has 0 atom stereocenters. The van der Waals surface area contributed by atoms with Gasteiger partial charge in [-0.25, -0.2) is 14.4 Å². The number of aromatic nitrogens is 2. The Morgan fingerprint density at radius 2 is 2.13 bits per heavy atom. The monoisotopic (exact) mass is 222 g/mol. The second kappa shape index (κ2) is 3.95. The highest BCUT2D eigenvalue weighted by Gasteiger charge is 2.06. The van der Waals surface area contributed by atoms with Gasteiger partial charge in [0.25, 0.3) is 0 Å². The molecular weight excluding hydrogens is 215 g/mol. The van der Waals surface area contributed by atoms with Crippen LogP contribution in [0.3, 0.4) is 0 Å². The maximum atomic E-state index is 13.3. The lowest BCUT2D eigenvalue weighted by molar-refractivity contribution is 0.619. The molecule has 0 aliphatic rings. The molecule has 0 bridgehead atoms. The highest BCUT2D eigenvalue weighted by Crippen LogP contribution is 2.26. The molecule has 0 unspecified atom stereocenters. The van der Waals surface area contributed by atoms with Crippen molar-refractivity contribution in [3.63, 3.8) is 0 Å². The van der Waals surface area contributed by atoms with Crippen molar-refractivity contribution in [3.05, 3.63) is 47.3 Å².